The molecule has 1 atom stereocenters. The van der Waals surface area contributed by atoms with Gasteiger partial charge in [0.2, 0.25) is 0 Å². The van der Waals surface area contributed by atoms with E-state index >= 15 is 0 Å². The van der Waals surface area contributed by atoms with E-state index in [-0.39, 0.29) is 0 Å². The fraction of sp³-hybridized carbons (Fsp3) is 0.846. The molecule has 1 unspecified atom stereocenters. The van der Waals surface area contributed by atoms with E-state index in [0.717, 1.165) is 19.5 Å². The van der Waals surface area contributed by atoms with Crippen molar-refractivity contribution in [2.24, 2.45) is 0 Å². The van der Waals surface area contributed by atoms with Crippen LogP contribution in [0.2, 0.25) is 0 Å². The smallest absolute Gasteiger partial charge is 0.0725 e. The highest BCUT2D eigenvalue weighted by atomic mass is 15.4. The Morgan fingerprint density at radius 3 is 2.71 bits per heavy atom. The van der Waals surface area contributed by atoms with E-state index in [1.54, 1.807) is 0 Å². The summed E-state index contributed by atoms with van der Waals surface area (Å²) in [7, 11) is 0. The van der Waals surface area contributed by atoms with Crippen molar-refractivity contribution >= 4 is 0 Å². The zero-order chi connectivity index (χ0) is 12.5. The number of hydrogen-bond donors (Lipinski definition) is 1. The molecule has 0 aliphatic carbocycles. The summed E-state index contributed by atoms with van der Waals surface area (Å²) in [6, 6.07) is 0.639. The van der Waals surface area contributed by atoms with E-state index in [9.17, 15) is 0 Å². The second-order valence-corrected chi connectivity index (χ2v) is 4.52. The zero-order valence-electron chi connectivity index (χ0n) is 11.4. The molecule has 98 valence electrons. The van der Waals surface area contributed by atoms with Crippen molar-refractivity contribution in [3.8, 4) is 0 Å². The number of hydrogen-bond acceptors (Lipinski definition) is 3. The number of nitrogens with zero attached hydrogens (tertiary/aromatic N) is 3. The van der Waals surface area contributed by atoms with Gasteiger partial charge in [0, 0.05) is 12.6 Å². The Balaban J connectivity index is 2.39. The highest BCUT2D eigenvalue weighted by molar-refractivity contribution is 4.94. The fourth-order valence-corrected chi connectivity index (χ4v) is 2.11. The lowest BCUT2D eigenvalue weighted by molar-refractivity contribution is 0.442. The monoisotopic (exact) mass is 238 g/mol. The lowest BCUT2D eigenvalue weighted by Crippen LogP contribution is -2.30. The molecule has 0 spiro atoms. The van der Waals surface area contributed by atoms with Crippen molar-refractivity contribution in [1.82, 2.24) is 20.3 Å². The van der Waals surface area contributed by atoms with Crippen LogP contribution in [0.5, 0.6) is 0 Å². The molecule has 0 aliphatic heterocycles. The third-order valence-electron chi connectivity index (χ3n) is 3.07. The van der Waals surface area contributed by atoms with Crippen molar-refractivity contribution in [2.75, 3.05) is 6.54 Å². The molecule has 0 radical (unpaired) electrons. The quantitative estimate of drug-likeness (QED) is 0.718. The molecule has 0 saturated carbocycles. The predicted molar refractivity (Wildman–Crippen MR) is 71.0 cm³/mol. The van der Waals surface area contributed by atoms with Gasteiger partial charge in [-0.1, -0.05) is 25.5 Å². The number of aromatic nitrogens is 3. The summed E-state index contributed by atoms with van der Waals surface area (Å²) in [5, 5.41) is 11.7. The van der Waals surface area contributed by atoms with Crippen LogP contribution < -0.4 is 5.32 Å². The minimum absolute atomic E-state index is 0.639. The van der Waals surface area contributed by atoms with Crippen molar-refractivity contribution in [2.45, 2.75) is 65.5 Å². The largest absolute Gasteiger partial charge is 0.314 e. The number of aryl methyl sites for hydroxylation is 2. The molecule has 0 fully saturated rings. The summed E-state index contributed by atoms with van der Waals surface area (Å²) in [4.78, 5) is 0. The van der Waals surface area contributed by atoms with Gasteiger partial charge in [0.25, 0.3) is 0 Å². The Hall–Kier alpha value is -0.900. The molecule has 1 aromatic heterocycles. The summed E-state index contributed by atoms with van der Waals surface area (Å²) >= 11 is 0. The van der Waals surface area contributed by atoms with Gasteiger partial charge in [-0.3, -0.25) is 0 Å². The van der Waals surface area contributed by atoms with E-state index in [0.29, 0.717) is 6.04 Å². The van der Waals surface area contributed by atoms with Crippen LogP contribution in [0.4, 0.5) is 0 Å². The molecule has 1 rings (SSSR count). The molecule has 1 aromatic rings. The Bertz CT molecular complexity index is 295. The summed E-state index contributed by atoms with van der Waals surface area (Å²) < 4.78 is 1.99. The molecule has 0 aliphatic rings. The summed E-state index contributed by atoms with van der Waals surface area (Å²) in [5.41, 5.74) is 1.26. The van der Waals surface area contributed by atoms with Crippen LogP contribution >= 0.6 is 0 Å². The molecule has 4 heteroatoms. The van der Waals surface area contributed by atoms with E-state index in [2.05, 4.69) is 36.4 Å². The second-order valence-electron chi connectivity index (χ2n) is 4.52. The van der Waals surface area contributed by atoms with Crippen LogP contribution in [0.15, 0.2) is 6.20 Å². The standard InChI is InChI=1S/C13H26N4/c1-4-7-12(14-10-5-2)8-9-13-11-15-16-17(13)6-3/h11-12,14H,4-10H2,1-3H3. The lowest BCUT2D eigenvalue weighted by Gasteiger charge is -2.17. The van der Waals surface area contributed by atoms with Gasteiger partial charge in [-0.05, 0) is 39.2 Å². The summed E-state index contributed by atoms with van der Waals surface area (Å²) in [6.07, 6.45) is 7.85. The SMILES string of the molecule is CCCNC(CCC)CCc1cnnn1CC. The maximum Gasteiger partial charge on any atom is 0.0725 e. The first-order valence-electron chi connectivity index (χ1n) is 6.92. The van der Waals surface area contributed by atoms with Crippen molar-refractivity contribution in [3.63, 3.8) is 0 Å². The van der Waals surface area contributed by atoms with E-state index in [1.165, 1.54) is 31.4 Å². The van der Waals surface area contributed by atoms with E-state index in [1.807, 2.05) is 10.9 Å². The van der Waals surface area contributed by atoms with Crippen molar-refractivity contribution < 1.29 is 0 Å². The topological polar surface area (TPSA) is 42.7 Å². The third kappa shape index (κ3) is 4.86. The molecule has 17 heavy (non-hydrogen) atoms. The maximum absolute atomic E-state index is 4.07. The van der Waals surface area contributed by atoms with Crippen LogP contribution in [-0.4, -0.2) is 27.6 Å². The number of nitrogens with one attached hydrogen (secondary N) is 1. The van der Waals surface area contributed by atoms with Gasteiger partial charge in [0.15, 0.2) is 0 Å². The average Bonchev–Trinajstić information content (AvgIpc) is 2.80. The fourth-order valence-electron chi connectivity index (χ4n) is 2.11. The first-order chi connectivity index (χ1) is 8.31. The molecular weight excluding hydrogens is 212 g/mol. The highest BCUT2D eigenvalue weighted by Gasteiger charge is 2.09. The average molecular weight is 238 g/mol. The Morgan fingerprint density at radius 2 is 2.06 bits per heavy atom. The van der Waals surface area contributed by atoms with Gasteiger partial charge in [0.05, 0.1) is 11.9 Å². The van der Waals surface area contributed by atoms with Crippen molar-refractivity contribution in [1.29, 1.82) is 0 Å². The summed E-state index contributed by atoms with van der Waals surface area (Å²) in [5.74, 6) is 0. The molecule has 0 aromatic carbocycles. The minimum Gasteiger partial charge on any atom is -0.314 e. The maximum atomic E-state index is 4.07. The lowest BCUT2D eigenvalue weighted by atomic mass is 10.0. The zero-order valence-corrected chi connectivity index (χ0v) is 11.4. The third-order valence-corrected chi connectivity index (χ3v) is 3.07. The molecule has 1 heterocycles. The Labute approximate surface area is 105 Å². The highest BCUT2D eigenvalue weighted by Crippen LogP contribution is 2.08. The van der Waals surface area contributed by atoms with Gasteiger partial charge >= 0.3 is 0 Å². The van der Waals surface area contributed by atoms with Gasteiger partial charge < -0.3 is 5.32 Å². The van der Waals surface area contributed by atoms with Crippen LogP contribution in [0, 0.1) is 0 Å². The van der Waals surface area contributed by atoms with Gasteiger partial charge in [0.1, 0.15) is 0 Å². The Morgan fingerprint density at radius 1 is 1.24 bits per heavy atom. The van der Waals surface area contributed by atoms with E-state index in [4.69, 9.17) is 0 Å². The van der Waals surface area contributed by atoms with Crippen LogP contribution in [0.3, 0.4) is 0 Å². The predicted octanol–water partition coefficient (Wildman–Crippen LogP) is 2.40. The van der Waals surface area contributed by atoms with Gasteiger partial charge in [-0.15, -0.1) is 5.10 Å². The molecular formula is C13H26N4. The summed E-state index contributed by atoms with van der Waals surface area (Å²) in [6.45, 7) is 8.60. The Kier molecular flexibility index (Phi) is 6.86. The molecule has 1 N–H and O–H groups in total. The molecule has 0 amide bonds. The van der Waals surface area contributed by atoms with Gasteiger partial charge in [-0.2, -0.15) is 0 Å². The van der Waals surface area contributed by atoms with Crippen molar-refractivity contribution in [3.05, 3.63) is 11.9 Å². The molecule has 4 nitrogen and oxygen atoms in total. The number of rotatable bonds is 9. The first-order valence-corrected chi connectivity index (χ1v) is 6.92. The van der Waals surface area contributed by atoms with E-state index < -0.39 is 0 Å². The molecule has 0 saturated heterocycles. The normalized spacial score (nSPS) is 12.9. The minimum atomic E-state index is 0.639. The first kappa shape index (κ1) is 14.2. The van der Waals surface area contributed by atoms with Crippen LogP contribution in [-0.2, 0) is 13.0 Å². The van der Waals surface area contributed by atoms with Crippen LogP contribution in [0.1, 0.15) is 52.1 Å². The van der Waals surface area contributed by atoms with Gasteiger partial charge in [-0.25, -0.2) is 4.68 Å². The molecule has 0 bridgehead atoms. The second kappa shape index (κ2) is 8.23. The van der Waals surface area contributed by atoms with Crippen LogP contribution in [0.25, 0.3) is 0 Å².